The van der Waals surface area contributed by atoms with Gasteiger partial charge in [0.1, 0.15) is 11.4 Å². The molecule has 33 heavy (non-hydrogen) atoms. The fraction of sp³-hybridized carbons (Fsp3) is 0.100. The highest BCUT2D eigenvalue weighted by Gasteiger charge is 2.25. The van der Waals surface area contributed by atoms with E-state index in [1.54, 1.807) is 42.5 Å². The van der Waals surface area contributed by atoms with Gasteiger partial charge in [-0.25, -0.2) is 10.1 Å². The van der Waals surface area contributed by atoms with Crippen molar-refractivity contribution < 1.29 is 14.2 Å². The van der Waals surface area contributed by atoms with Crippen molar-refractivity contribution in [1.29, 1.82) is 0 Å². The van der Waals surface area contributed by atoms with Crippen LogP contribution in [0.15, 0.2) is 52.2 Å². The Labute approximate surface area is 197 Å². The number of carbonyl (C=O) groups is 1. The van der Waals surface area contributed by atoms with E-state index in [1.165, 1.54) is 10.9 Å². The summed E-state index contributed by atoms with van der Waals surface area (Å²) in [6.45, 7) is 2.40. The van der Waals surface area contributed by atoms with Crippen LogP contribution in [-0.2, 0) is 0 Å². The van der Waals surface area contributed by atoms with Crippen molar-refractivity contribution in [3.05, 3.63) is 63.8 Å². The van der Waals surface area contributed by atoms with E-state index in [0.717, 1.165) is 0 Å². The van der Waals surface area contributed by atoms with Crippen LogP contribution in [0.1, 0.15) is 23.0 Å². The molecule has 0 spiro atoms. The molecule has 168 valence electrons. The van der Waals surface area contributed by atoms with Crippen LogP contribution in [0.5, 0.6) is 5.75 Å². The number of halogens is 2. The van der Waals surface area contributed by atoms with Crippen LogP contribution in [0.2, 0.25) is 10.0 Å². The van der Waals surface area contributed by atoms with Crippen LogP contribution in [0.3, 0.4) is 0 Å². The van der Waals surface area contributed by atoms with Gasteiger partial charge in [-0.1, -0.05) is 34.5 Å². The topological polar surface area (TPSA) is 146 Å². The summed E-state index contributed by atoms with van der Waals surface area (Å²) in [7, 11) is 0. The second-order valence-corrected chi connectivity index (χ2v) is 7.34. The maximum Gasteiger partial charge on any atom is 0.294 e. The van der Waals surface area contributed by atoms with Gasteiger partial charge in [0.2, 0.25) is 11.6 Å². The summed E-state index contributed by atoms with van der Waals surface area (Å²) in [6, 6.07) is 11.9. The monoisotopic (exact) mass is 486 g/mol. The number of amides is 1. The average Bonchev–Trinajstić information content (AvgIpc) is 3.42. The van der Waals surface area contributed by atoms with E-state index >= 15 is 0 Å². The van der Waals surface area contributed by atoms with E-state index < -0.39 is 5.91 Å². The summed E-state index contributed by atoms with van der Waals surface area (Å²) in [4.78, 5) is 12.9. The Hall–Kier alpha value is -3.96. The summed E-state index contributed by atoms with van der Waals surface area (Å²) in [6.07, 6.45) is 1.39. The lowest BCUT2D eigenvalue weighted by Crippen LogP contribution is -2.19. The molecule has 0 unspecified atom stereocenters. The molecule has 0 fully saturated rings. The summed E-state index contributed by atoms with van der Waals surface area (Å²) < 4.78 is 11.4. The number of hydrogen-bond donors (Lipinski definition) is 2. The summed E-state index contributed by atoms with van der Waals surface area (Å²) in [5.41, 5.74) is 9.67. The number of carbonyl (C=O) groups excluding carboxylic acids is 1. The number of hydrogen-bond acceptors (Lipinski definition) is 9. The summed E-state index contributed by atoms with van der Waals surface area (Å²) in [5.74, 6) is 0.108. The van der Waals surface area contributed by atoms with Gasteiger partial charge in [0.25, 0.3) is 5.91 Å². The molecular formula is C20H16Cl2N8O3. The highest BCUT2D eigenvalue weighted by Crippen LogP contribution is 2.28. The van der Waals surface area contributed by atoms with E-state index in [9.17, 15) is 4.79 Å². The molecule has 2 aromatic heterocycles. The van der Waals surface area contributed by atoms with Crippen LogP contribution in [-0.4, -0.2) is 44.0 Å². The molecule has 0 aliphatic carbocycles. The van der Waals surface area contributed by atoms with Crippen LogP contribution < -0.4 is 15.9 Å². The first-order valence-corrected chi connectivity index (χ1v) is 10.3. The smallest absolute Gasteiger partial charge is 0.294 e. The Morgan fingerprint density at radius 2 is 2.03 bits per heavy atom. The van der Waals surface area contributed by atoms with Gasteiger partial charge in [-0.05, 0) is 53.6 Å². The third-order valence-corrected chi connectivity index (χ3v) is 4.91. The number of nitrogens with one attached hydrogen (secondary N) is 1. The number of ether oxygens (including phenoxy) is 1. The van der Waals surface area contributed by atoms with E-state index in [1.807, 2.05) is 6.92 Å². The number of nitrogen functional groups attached to an aromatic ring is 1. The summed E-state index contributed by atoms with van der Waals surface area (Å²) in [5, 5.41) is 20.1. The van der Waals surface area contributed by atoms with E-state index in [2.05, 4.69) is 35.8 Å². The van der Waals surface area contributed by atoms with Crippen molar-refractivity contribution >= 4 is 41.1 Å². The first-order chi connectivity index (χ1) is 16.0. The molecule has 4 aromatic rings. The zero-order valence-electron chi connectivity index (χ0n) is 17.1. The van der Waals surface area contributed by atoms with Gasteiger partial charge in [0, 0.05) is 16.1 Å². The number of hydrazone groups is 1. The molecule has 1 amide bonds. The minimum Gasteiger partial charge on any atom is -0.494 e. The quantitative estimate of drug-likeness (QED) is 0.298. The first kappa shape index (κ1) is 22.2. The highest BCUT2D eigenvalue weighted by molar-refractivity contribution is 6.36. The van der Waals surface area contributed by atoms with E-state index in [-0.39, 0.29) is 17.3 Å². The molecule has 0 bridgehead atoms. The lowest BCUT2D eigenvalue weighted by atomic mass is 10.1. The maximum absolute atomic E-state index is 12.9. The third kappa shape index (κ3) is 4.78. The third-order valence-electron chi connectivity index (χ3n) is 4.35. The van der Waals surface area contributed by atoms with Crippen LogP contribution in [0, 0.1) is 0 Å². The van der Waals surface area contributed by atoms with Crippen LogP contribution in [0.25, 0.3) is 17.1 Å². The van der Waals surface area contributed by atoms with Crippen molar-refractivity contribution in [3.8, 4) is 22.8 Å². The van der Waals surface area contributed by atoms with Gasteiger partial charge in [0.15, 0.2) is 5.69 Å². The number of aromatic nitrogens is 5. The fourth-order valence-corrected chi connectivity index (χ4v) is 3.33. The van der Waals surface area contributed by atoms with Crippen LogP contribution >= 0.6 is 23.2 Å². The van der Waals surface area contributed by atoms with Gasteiger partial charge in [-0.15, -0.1) is 5.10 Å². The van der Waals surface area contributed by atoms with Crippen molar-refractivity contribution in [1.82, 2.24) is 30.7 Å². The molecule has 0 aliphatic heterocycles. The van der Waals surface area contributed by atoms with Crippen molar-refractivity contribution in [3.63, 3.8) is 0 Å². The molecule has 11 nitrogen and oxygen atoms in total. The predicted molar refractivity (Wildman–Crippen MR) is 122 cm³/mol. The minimum absolute atomic E-state index is 0.0190. The lowest BCUT2D eigenvalue weighted by molar-refractivity contribution is 0.0950. The Kier molecular flexibility index (Phi) is 6.52. The molecule has 13 heteroatoms. The molecule has 0 atom stereocenters. The summed E-state index contributed by atoms with van der Waals surface area (Å²) >= 11 is 12.0. The molecule has 3 N–H and O–H groups in total. The highest BCUT2D eigenvalue weighted by atomic mass is 35.5. The molecule has 0 radical (unpaired) electrons. The molecule has 0 saturated heterocycles. The van der Waals surface area contributed by atoms with Gasteiger partial charge >= 0.3 is 0 Å². The van der Waals surface area contributed by atoms with Crippen molar-refractivity contribution in [2.45, 2.75) is 6.92 Å². The Balaban J connectivity index is 1.67. The maximum atomic E-state index is 12.9. The van der Waals surface area contributed by atoms with Crippen molar-refractivity contribution in [2.24, 2.45) is 5.10 Å². The van der Waals surface area contributed by atoms with E-state index in [4.69, 9.17) is 33.7 Å². The Morgan fingerprint density at radius 1 is 1.24 bits per heavy atom. The second-order valence-electron chi connectivity index (χ2n) is 6.49. The zero-order chi connectivity index (χ0) is 23.4. The number of rotatable bonds is 7. The van der Waals surface area contributed by atoms with E-state index in [0.29, 0.717) is 39.2 Å². The number of nitrogens with zero attached hydrogens (tertiary/aromatic N) is 6. The largest absolute Gasteiger partial charge is 0.494 e. The molecule has 2 aromatic carbocycles. The number of benzene rings is 2. The molecule has 0 saturated carbocycles. The standard InChI is InChI=1S/C20H16Cl2N8O3/c1-2-32-14-7-4-11(5-8-14)17-16(25-29-30(17)19-18(23)27-33-28-19)20(31)26-24-10-12-3-6-13(21)9-15(12)22/h3-10H,2H2,1H3,(H2,23,27)(H,26,31)/b24-10-. The van der Waals surface area contributed by atoms with Gasteiger partial charge in [0.05, 0.1) is 17.8 Å². The van der Waals surface area contributed by atoms with Crippen molar-refractivity contribution in [2.75, 3.05) is 12.3 Å². The fourth-order valence-electron chi connectivity index (χ4n) is 2.88. The normalized spacial score (nSPS) is 11.1. The zero-order valence-corrected chi connectivity index (χ0v) is 18.6. The van der Waals surface area contributed by atoms with Gasteiger partial charge in [-0.2, -0.15) is 9.78 Å². The Bertz CT molecular complexity index is 1320. The molecule has 4 rings (SSSR count). The number of nitrogens with two attached hydrogens (primary N) is 1. The molecular weight excluding hydrogens is 471 g/mol. The lowest BCUT2D eigenvalue weighted by Gasteiger charge is -2.07. The first-order valence-electron chi connectivity index (χ1n) is 9.53. The minimum atomic E-state index is -0.624. The number of anilines is 1. The van der Waals surface area contributed by atoms with Gasteiger partial charge < -0.3 is 10.5 Å². The second kappa shape index (κ2) is 9.67. The van der Waals surface area contributed by atoms with Gasteiger partial charge in [-0.3, -0.25) is 4.79 Å². The Morgan fingerprint density at radius 3 is 2.70 bits per heavy atom. The molecule has 0 aliphatic rings. The average molecular weight is 487 g/mol. The molecule has 2 heterocycles. The predicted octanol–water partition coefficient (Wildman–Crippen LogP) is 3.37. The van der Waals surface area contributed by atoms with Crippen LogP contribution in [0.4, 0.5) is 5.82 Å². The SMILES string of the molecule is CCOc1ccc(-c2c(C(=O)N/N=C\c3ccc(Cl)cc3Cl)nnn2-c2nonc2N)cc1.